The molecule has 1 atom stereocenters. The van der Waals surface area contributed by atoms with E-state index in [0.29, 0.717) is 17.8 Å². The molecule has 5 nitrogen and oxygen atoms in total. The van der Waals surface area contributed by atoms with Crippen LogP contribution in [0.25, 0.3) is 0 Å². The van der Waals surface area contributed by atoms with E-state index in [4.69, 9.17) is 5.26 Å². The molecule has 1 aliphatic rings. The molecule has 1 unspecified atom stereocenters. The molecule has 0 saturated carbocycles. The van der Waals surface area contributed by atoms with Gasteiger partial charge < -0.3 is 5.32 Å². The first-order chi connectivity index (χ1) is 8.32. The summed E-state index contributed by atoms with van der Waals surface area (Å²) < 4.78 is 23.0. The van der Waals surface area contributed by atoms with Crippen molar-refractivity contribution in [2.75, 3.05) is 16.8 Å². The third kappa shape index (κ3) is 2.79. The second-order valence-corrected chi connectivity index (χ2v) is 7.21. The van der Waals surface area contributed by atoms with Crippen LogP contribution in [0.5, 0.6) is 0 Å². The third-order valence-corrected chi connectivity index (χ3v) is 4.92. The lowest BCUT2D eigenvalue weighted by Gasteiger charge is -2.24. The Kier molecular flexibility index (Phi) is 3.03. The highest BCUT2D eigenvalue weighted by Crippen LogP contribution is 2.27. The lowest BCUT2D eigenvalue weighted by atomic mass is 10.0. The Balaban J connectivity index is 2.25. The number of nitrogens with zero attached hydrogens (tertiary/aromatic N) is 2. The SMILES string of the molecule is Cc1cc(C#N)cc(NC2(C)CCS(=O)(=O)C2)n1. The van der Waals surface area contributed by atoms with Crippen LogP contribution in [-0.2, 0) is 9.84 Å². The van der Waals surface area contributed by atoms with Gasteiger partial charge in [0.2, 0.25) is 0 Å². The molecule has 0 aromatic carbocycles. The fraction of sp³-hybridized carbons (Fsp3) is 0.500. The van der Waals surface area contributed by atoms with Gasteiger partial charge in [-0.3, -0.25) is 0 Å². The first-order valence-corrected chi connectivity index (χ1v) is 7.51. The molecule has 1 aliphatic heterocycles. The average molecular weight is 265 g/mol. The highest BCUT2D eigenvalue weighted by Gasteiger charge is 2.38. The van der Waals surface area contributed by atoms with Gasteiger partial charge in [-0.15, -0.1) is 0 Å². The smallest absolute Gasteiger partial charge is 0.152 e. The van der Waals surface area contributed by atoms with E-state index in [2.05, 4.69) is 16.4 Å². The summed E-state index contributed by atoms with van der Waals surface area (Å²) in [4.78, 5) is 4.28. The van der Waals surface area contributed by atoms with Gasteiger partial charge in [0.05, 0.1) is 28.7 Å². The summed E-state index contributed by atoms with van der Waals surface area (Å²) in [7, 11) is -2.96. The van der Waals surface area contributed by atoms with Crippen molar-refractivity contribution in [3.63, 3.8) is 0 Å². The Bertz CT molecular complexity index is 619. The second kappa shape index (κ2) is 4.25. The van der Waals surface area contributed by atoms with Crippen molar-refractivity contribution in [3.05, 3.63) is 23.4 Å². The number of nitrogens with one attached hydrogen (secondary N) is 1. The molecule has 18 heavy (non-hydrogen) atoms. The summed E-state index contributed by atoms with van der Waals surface area (Å²) in [6, 6.07) is 5.40. The number of aromatic nitrogens is 1. The van der Waals surface area contributed by atoms with Crippen molar-refractivity contribution >= 4 is 15.7 Å². The number of rotatable bonds is 2. The van der Waals surface area contributed by atoms with Gasteiger partial charge >= 0.3 is 0 Å². The van der Waals surface area contributed by atoms with Crippen molar-refractivity contribution in [2.45, 2.75) is 25.8 Å². The summed E-state index contributed by atoms with van der Waals surface area (Å²) in [6.45, 7) is 3.67. The van der Waals surface area contributed by atoms with Crippen molar-refractivity contribution in [1.29, 1.82) is 5.26 Å². The first kappa shape index (κ1) is 12.8. The summed E-state index contributed by atoms with van der Waals surface area (Å²) in [5.41, 5.74) is 0.766. The van der Waals surface area contributed by atoms with Gasteiger partial charge in [-0.1, -0.05) is 0 Å². The van der Waals surface area contributed by atoms with E-state index in [1.165, 1.54) is 0 Å². The summed E-state index contributed by atoms with van der Waals surface area (Å²) >= 11 is 0. The van der Waals surface area contributed by atoms with Gasteiger partial charge in [0.1, 0.15) is 5.82 Å². The summed E-state index contributed by atoms with van der Waals surface area (Å²) in [6.07, 6.45) is 0.562. The van der Waals surface area contributed by atoms with E-state index in [0.717, 1.165) is 5.69 Å². The molecular formula is C12H15N3O2S. The van der Waals surface area contributed by atoms with Gasteiger partial charge in [0.15, 0.2) is 9.84 Å². The minimum Gasteiger partial charge on any atom is -0.364 e. The van der Waals surface area contributed by atoms with Gasteiger partial charge in [-0.05, 0) is 32.4 Å². The van der Waals surface area contributed by atoms with Crippen molar-refractivity contribution in [3.8, 4) is 6.07 Å². The zero-order valence-corrected chi connectivity index (χ0v) is 11.2. The molecule has 1 aromatic heterocycles. The monoisotopic (exact) mass is 265 g/mol. The van der Waals surface area contributed by atoms with Crippen LogP contribution >= 0.6 is 0 Å². The molecule has 0 amide bonds. The van der Waals surface area contributed by atoms with Crippen molar-refractivity contribution < 1.29 is 8.42 Å². The molecular weight excluding hydrogens is 250 g/mol. The standard InChI is InChI=1S/C12H15N3O2S/c1-9-5-10(7-13)6-11(14-9)15-12(2)3-4-18(16,17)8-12/h5-6H,3-4,8H2,1-2H3,(H,14,15). The molecule has 1 aromatic rings. The Labute approximate surface area is 107 Å². The predicted octanol–water partition coefficient (Wildman–Crippen LogP) is 1.25. The van der Waals surface area contributed by atoms with Crippen LogP contribution in [0.1, 0.15) is 24.6 Å². The highest BCUT2D eigenvalue weighted by molar-refractivity contribution is 7.91. The lowest BCUT2D eigenvalue weighted by Crippen LogP contribution is -2.36. The summed E-state index contributed by atoms with van der Waals surface area (Å²) in [5, 5.41) is 12.0. The fourth-order valence-electron chi connectivity index (χ4n) is 2.22. The molecule has 0 aliphatic carbocycles. The number of nitriles is 1. The van der Waals surface area contributed by atoms with E-state index >= 15 is 0 Å². The van der Waals surface area contributed by atoms with E-state index in [9.17, 15) is 8.42 Å². The largest absolute Gasteiger partial charge is 0.364 e. The molecule has 0 bridgehead atoms. The van der Waals surface area contributed by atoms with Gasteiger partial charge in [0, 0.05) is 5.69 Å². The lowest BCUT2D eigenvalue weighted by molar-refractivity contribution is 0.572. The molecule has 1 saturated heterocycles. The molecule has 6 heteroatoms. The van der Waals surface area contributed by atoms with Gasteiger partial charge in [0.25, 0.3) is 0 Å². The van der Waals surface area contributed by atoms with Gasteiger partial charge in [-0.25, -0.2) is 13.4 Å². The fourth-order valence-corrected chi connectivity index (χ4v) is 4.31. The zero-order chi connectivity index (χ0) is 13.4. The van der Waals surface area contributed by atoms with Crippen LogP contribution in [0.15, 0.2) is 12.1 Å². The number of aryl methyl sites for hydroxylation is 1. The topological polar surface area (TPSA) is 82.9 Å². The number of sulfone groups is 1. The van der Waals surface area contributed by atoms with Crippen LogP contribution in [0, 0.1) is 18.3 Å². The summed E-state index contributed by atoms with van der Waals surface area (Å²) in [5.74, 6) is 0.872. The normalized spacial score (nSPS) is 25.6. The van der Waals surface area contributed by atoms with Crippen LogP contribution in [0.4, 0.5) is 5.82 Å². The molecule has 0 spiro atoms. The van der Waals surface area contributed by atoms with Crippen LogP contribution in [0.3, 0.4) is 0 Å². The molecule has 0 radical (unpaired) electrons. The van der Waals surface area contributed by atoms with Gasteiger partial charge in [-0.2, -0.15) is 5.26 Å². The molecule has 96 valence electrons. The van der Waals surface area contributed by atoms with Crippen LogP contribution in [-0.4, -0.2) is 30.4 Å². The predicted molar refractivity (Wildman–Crippen MR) is 69.0 cm³/mol. The maximum absolute atomic E-state index is 11.5. The van der Waals surface area contributed by atoms with E-state index in [1.54, 1.807) is 19.1 Å². The van der Waals surface area contributed by atoms with Crippen molar-refractivity contribution in [2.24, 2.45) is 0 Å². The highest BCUT2D eigenvalue weighted by atomic mass is 32.2. The molecule has 2 heterocycles. The Morgan fingerprint density at radius 1 is 1.50 bits per heavy atom. The van der Waals surface area contributed by atoms with E-state index in [1.807, 2.05) is 6.92 Å². The number of hydrogen-bond acceptors (Lipinski definition) is 5. The molecule has 2 rings (SSSR count). The van der Waals surface area contributed by atoms with E-state index in [-0.39, 0.29) is 11.5 Å². The zero-order valence-electron chi connectivity index (χ0n) is 10.4. The minimum atomic E-state index is -2.96. The maximum Gasteiger partial charge on any atom is 0.152 e. The Morgan fingerprint density at radius 3 is 2.78 bits per heavy atom. The van der Waals surface area contributed by atoms with E-state index < -0.39 is 15.4 Å². The van der Waals surface area contributed by atoms with Crippen LogP contribution in [0.2, 0.25) is 0 Å². The maximum atomic E-state index is 11.5. The molecule has 1 N–H and O–H groups in total. The Morgan fingerprint density at radius 2 is 2.22 bits per heavy atom. The van der Waals surface area contributed by atoms with Crippen molar-refractivity contribution in [1.82, 2.24) is 4.98 Å². The third-order valence-electron chi connectivity index (χ3n) is 3.02. The number of anilines is 1. The number of hydrogen-bond donors (Lipinski definition) is 1. The molecule has 1 fully saturated rings. The quantitative estimate of drug-likeness (QED) is 0.870. The first-order valence-electron chi connectivity index (χ1n) is 5.69. The average Bonchev–Trinajstić information content (AvgIpc) is 2.51. The number of pyridine rings is 1. The Hall–Kier alpha value is -1.61. The van der Waals surface area contributed by atoms with Crippen LogP contribution < -0.4 is 5.32 Å². The second-order valence-electron chi connectivity index (χ2n) is 5.02. The minimum absolute atomic E-state index is 0.109.